The zero-order chi connectivity index (χ0) is 28.7. The van der Waals surface area contributed by atoms with Crippen molar-refractivity contribution in [1.29, 1.82) is 0 Å². The molecule has 0 bridgehead atoms. The molecule has 0 radical (unpaired) electrons. The average Bonchev–Trinajstić information content (AvgIpc) is 3.81. The van der Waals surface area contributed by atoms with Crippen molar-refractivity contribution in [2.45, 2.75) is 6.92 Å². The van der Waals surface area contributed by atoms with Gasteiger partial charge in [-0.1, -0.05) is 91.0 Å². The minimum Gasteiger partial charge on any atom is -0.454 e. The van der Waals surface area contributed by atoms with E-state index in [9.17, 15) is 0 Å². The number of para-hydroxylation sites is 3. The zero-order valence-corrected chi connectivity index (χ0v) is 23.8. The lowest BCUT2D eigenvalue weighted by atomic mass is 10.0. The van der Waals surface area contributed by atoms with Gasteiger partial charge in [0.25, 0.3) is 0 Å². The van der Waals surface area contributed by atoms with E-state index in [0.717, 1.165) is 60.9 Å². The van der Waals surface area contributed by atoms with E-state index in [2.05, 4.69) is 131 Å². The van der Waals surface area contributed by atoms with Crippen LogP contribution in [0.25, 0.3) is 99.3 Å². The predicted octanol–water partition coefficient (Wildman–Crippen LogP) is 10.6. The van der Waals surface area contributed by atoms with Crippen molar-refractivity contribution in [1.82, 2.24) is 14.0 Å². The largest absolute Gasteiger partial charge is 0.454 e. The number of fused-ring (bicyclic) bond motifs is 15. The van der Waals surface area contributed by atoms with Gasteiger partial charge in [-0.3, -0.25) is 4.40 Å². The zero-order valence-electron chi connectivity index (χ0n) is 23.8. The highest BCUT2D eigenvalue weighted by Crippen LogP contribution is 2.50. The topological polar surface area (TPSA) is 35.4 Å². The van der Waals surface area contributed by atoms with Gasteiger partial charge in [0, 0.05) is 16.2 Å². The van der Waals surface area contributed by atoms with Gasteiger partial charge in [-0.05, 0) is 70.5 Å². The second kappa shape index (κ2) is 7.74. The molecule has 4 nitrogen and oxygen atoms in total. The molecule has 1 aliphatic rings. The smallest absolute Gasteiger partial charge is 0.165 e. The molecule has 4 heteroatoms. The van der Waals surface area contributed by atoms with Crippen molar-refractivity contribution in [3.8, 4) is 27.9 Å². The number of aryl methyl sites for hydroxylation is 1. The SMILES string of the molecule is Cc1cccc2c1c1c(c3oc4ccccc4c3c3nc4ccccc4n31)n2-c1ccc2c3c(cccc13)-c1ccccc1-2. The van der Waals surface area contributed by atoms with E-state index in [1.807, 2.05) is 6.07 Å². The number of hydrogen-bond acceptors (Lipinski definition) is 2. The number of benzene rings is 6. The summed E-state index contributed by atoms with van der Waals surface area (Å²) in [5.41, 5.74) is 15.6. The van der Waals surface area contributed by atoms with Gasteiger partial charge in [0.1, 0.15) is 16.7 Å². The lowest BCUT2D eigenvalue weighted by molar-refractivity contribution is 0.671. The second-order valence-corrected chi connectivity index (χ2v) is 12.0. The maximum Gasteiger partial charge on any atom is 0.165 e. The van der Waals surface area contributed by atoms with Gasteiger partial charge in [-0.15, -0.1) is 0 Å². The number of imidazole rings is 1. The first-order valence-electron chi connectivity index (χ1n) is 15.1. The molecule has 11 rings (SSSR count). The Bertz CT molecular complexity index is 2870. The van der Waals surface area contributed by atoms with Crippen LogP contribution in [0.4, 0.5) is 0 Å². The fourth-order valence-corrected chi connectivity index (χ4v) is 8.01. The Morgan fingerprint density at radius 2 is 1.25 bits per heavy atom. The van der Waals surface area contributed by atoms with Crippen molar-refractivity contribution in [2.75, 3.05) is 0 Å². The first-order chi connectivity index (χ1) is 21.8. The van der Waals surface area contributed by atoms with Crippen LogP contribution in [0.1, 0.15) is 5.56 Å². The number of pyridine rings is 1. The molecular weight excluding hydrogens is 538 g/mol. The maximum atomic E-state index is 6.85. The van der Waals surface area contributed by atoms with Gasteiger partial charge < -0.3 is 8.98 Å². The summed E-state index contributed by atoms with van der Waals surface area (Å²) < 4.78 is 11.7. The van der Waals surface area contributed by atoms with Crippen LogP contribution in [0.5, 0.6) is 0 Å². The molecule has 4 heterocycles. The van der Waals surface area contributed by atoms with Gasteiger partial charge in [-0.2, -0.15) is 0 Å². The fraction of sp³-hybridized carbons (Fsp3) is 0.0250. The van der Waals surface area contributed by atoms with Crippen LogP contribution < -0.4 is 0 Å². The number of hydrogen-bond donors (Lipinski definition) is 0. The Kier molecular flexibility index (Phi) is 3.99. The van der Waals surface area contributed by atoms with Crippen LogP contribution in [0, 0.1) is 6.92 Å². The van der Waals surface area contributed by atoms with Crippen LogP contribution >= 0.6 is 0 Å². The summed E-state index contributed by atoms with van der Waals surface area (Å²) >= 11 is 0. The van der Waals surface area contributed by atoms with Gasteiger partial charge >= 0.3 is 0 Å². The molecule has 10 aromatic rings. The Labute approximate surface area is 251 Å². The van der Waals surface area contributed by atoms with Crippen LogP contribution in [0.3, 0.4) is 0 Å². The Morgan fingerprint density at radius 1 is 0.545 bits per heavy atom. The predicted molar refractivity (Wildman–Crippen MR) is 181 cm³/mol. The third-order valence-electron chi connectivity index (χ3n) is 9.76. The molecule has 6 aromatic carbocycles. The third kappa shape index (κ3) is 2.55. The molecule has 0 atom stereocenters. The summed E-state index contributed by atoms with van der Waals surface area (Å²) in [6.07, 6.45) is 0. The molecule has 0 fully saturated rings. The van der Waals surface area contributed by atoms with Gasteiger partial charge in [-0.25, -0.2) is 4.98 Å². The molecule has 1 aliphatic carbocycles. The highest BCUT2D eigenvalue weighted by molar-refractivity contribution is 6.27. The highest BCUT2D eigenvalue weighted by atomic mass is 16.3. The molecule has 204 valence electrons. The van der Waals surface area contributed by atoms with Gasteiger partial charge in [0.05, 0.1) is 33.1 Å². The van der Waals surface area contributed by atoms with Crippen molar-refractivity contribution in [2.24, 2.45) is 0 Å². The third-order valence-corrected chi connectivity index (χ3v) is 9.76. The lowest BCUT2D eigenvalue weighted by Gasteiger charge is -2.13. The summed E-state index contributed by atoms with van der Waals surface area (Å²) in [6, 6.07) is 43.5. The van der Waals surface area contributed by atoms with Crippen molar-refractivity contribution >= 4 is 71.3 Å². The molecule has 4 aromatic heterocycles. The number of nitrogens with zero attached hydrogens (tertiary/aromatic N) is 3. The summed E-state index contributed by atoms with van der Waals surface area (Å²) in [5.74, 6) is 0. The molecule has 0 N–H and O–H groups in total. The van der Waals surface area contributed by atoms with Crippen LogP contribution in [0.15, 0.2) is 126 Å². The quantitative estimate of drug-likeness (QED) is 0.200. The molecule has 0 aliphatic heterocycles. The summed E-state index contributed by atoms with van der Waals surface area (Å²) in [6.45, 7) is 2.21. The van der Waals surface area contributed by atoms with Crippen molar-refractivity contribution < 1.29 is 4.42 Å². The second-order valence-electron chi connectivity index (χ2n) is 12.0. The number of rotatable bonds is 1. The molecule has 0 saturated heterocycles. The van der Waals surface area contributed by atoms with E-state index in [1.165, 1.54) is 44.0 Å². The molecule has 44 heavy (non-hydrogen) atoms. The maximum absolute atomic E-state index is 6.85. The minimum atomic E-state index is 0.867. The lowest BCUT2D eigenvalue weighted by Crippen LogP contribution is -1.97. The molecule has 0 spiro atoms. The Morgan fingerprint density at radius 3 is 2.16 bits per heavy atom. The number of furan rings is 1. The minimum absolute atomic E-state index is 0.867. The van der Waals surface area contributed by atoms with E-state index in [4.69, 9.17) is 9.40 Å². The molecule has 0 amide bonds. The van der Waals surface area contributed by atoms with E-state index in [-0.39, 0.29) is 0 Å². The molecule has 0 saturated carbocycles. The van der Waals surface area contributed by atoms with Crippen LogP contribution in [0.2, 0.25) is 0 Å². The van der Waals surface area contributed by atoms with Crippen molar-refractivity contribution in [3.05, 3.63) is 127 Å². The molecule has 0 unspecified atom stereocenters. The van der Waals surface area contributed by atoms with E-state index >= 15 is 0 Å². The first kappa shape index (κ1) is 22.7. The normalized spacial score (nSPS) is 12.7. The van der Waals surface area contributed by atoms with E-state index in [1.54, 1.807) is 0 Å². The van der Waals surface area contributed by atoms with E-state index < -0.39 is 0 Å². The summed E-state index contributed by atoms with van der Waals surface area (Å²) in [7, 11) is 0. The van der Waals surface area contributed by atoms with Gasteiger partial charge in [0.15, 0.2) is 5.58 Å². The van der Waals surface area contributed by atoms with E-state index in [0.29, 0.717) is 0 Å². The fourth-order valence-electron chi connectivity index (χ4n) is 8.01. The molecular formula is C40H23N3O. The Hall–Kier alpha value is -5.87. The van der Waals surface area contributed by atoms with Crippen LogP contribution in [-0.4, -0.2) is 14.0 Å². The van der Waals surface area contributed by atoms with Gasteiger partial charge in [0.2, 0.25) is 0 Å². The summed E-state index contributed by atoms with van der Waals surface area (Å²) in [5, 5.41) is 5.88. The monoisotopic (exact) mass is 561 g/mol. The Balaban J connectivity index is 1.44. The first-order valence-corrected chi connectivity index (χ1v) is 15.1. The highest BCUT2D eigenvalue weighted by Gasteiger charge is 2.28. The standard InChI is InChI=1S/C40H23N3O/c1-22-10-8-18-32-34(22)37-38(42(32)30-21-20-26-24-12-3-2-11-23(24)25-14-9-15-27(30)35(25)26)39-36(28-13-4-7-19-33(28)44-39)40-41-29-16-5-6-17-31(29)43(37)40/h2-21H,1H3. The van der Waals surface area contributed by atoms with Crippen LogP contribution in [-0.2, 0) is 0 Å². The average molecular weight is 562 g/mol. The number of aromatic nitrogens is 3. The van der Waals surface area contributed by atoms with Crippen molar-refractivity contribution in [3.63, 3.8) is 0 Å². The summed E-state index contributed by atoms with van der Waals surface area (Å²) in [4.78, 5) is 5.23.